The summed E-state index contributed by atoms with van der Waals surface area (Å²) in [4.78, 5) is 51.4. The number of thioether (sulfide) groups is 1. The molecule has 0 saturated heterocycles. The van der Waals surface area contributed by atoms with Crippen molar-refractivity contribution in [2.45, 2.75) is 55.6 Å². The molecule has 1 aromatic carbocycles. The Bertz CT molecular complexity index is 1350. The number of hydrogen-bond donors (Lipinski definition) is 1. The highest BCUT2D eigenvalue weighted by molar-refractivity contribution is 8.00. The molecular weight excluding hydrogens is 445 g/mol. The Morgan fingerprint density at radius 3 is 2.55 bits per heavy atom. The van der Waals surface area contributed by atoms with Gasteiger partial charge >= 0.3 is 5.69 Å². The summed E-state index contributed by atoms with van der Waals surface area (Å²) < 4.78 is 14.8. The van der Waals surface area contributed by atoms with E-state index in [0.29, 0.717) is 16.5 Å². The molecule has 2 aliphatic carbocycles. The number of halogens is 1. The summed E-state index contributed by atoms with van der Waals surface area (Å²) in [6.45, 7) is 1.88. The minimum Gasteiger partial charge on any atom is -0.338 e. The SMILES string of the molecule is C[C@@H](c1ccc(F)cc1)N(C)C(=O)CSc1nc(C2CC2)nc2c1c(=O)[nH]c(=O)n2C1CC1. The van der Waals surface area contributed by atoms with E-state index in [9.17, 15) is 18.8 Å². The highest BCUT2D eigenvalue weighted by Crippen LogP contribution is 2.41. The van der Waals surface area contributed by atoms with Crippen molar-refractivity contribution in [1.29, 1.82) is 0 Å². The number of benzene rings is 1. The molecule has 1 atom stereocenters. The van der Waals surface area contributed by atoms with Crippen molar-refractivity contribution >= 4 is 28.7 Å². The third-order valence-corrected chi connectivity index (χ3v) is 7.24. The van der Waals surface area contributed by atoms with Crippen LogP contribution in [0.25, 0.3) is 11.0 Å². The number of carbonyl (C=O) groups excluding carboxylic acids is 1. The fraction of sp³-hybridized carbons (Fsp3) is 0.435. The topological polar surface area (TPSA) is 101 Å². The molecule has 8 nitrogen and oxygen atoms in total. The molecule has 172 valence electrons. The molecule has 3 aromatic rings. The molecule has 2 fully saturated rings. The zero-order valence-electron chi connectivity index (χ0n) is 18.4. The second-order valence-electron chi connectivity index (χ2n) is 8.74. The Kier molecular flexibility index (Phi) is 5.55. The van der Waals surface area contributed by atoms with Gasteiger partial charge in [0.1, 0.15) is 22.1 Å². The molecule has 2 saturated carbocycles. The second-order valence-corrected chi connectivity index (χ2v) is 9.71. The summed E-state index contributed by atoms with van der Waals surface area (Å²) in [5.74, 6) is 0.453. The standard InChI is InChI=1S/C23H24FN5O3S/c1-12(13-5-7-15(24)8-6-13)28(2)17(30)11-33-22-18-20(25-19(26-22)14-3-4-14)29(16-9-10-16)23(32)27-21(18)31/h5-8,12,14,16H,3-4,9-11H2,1-2H3,(H,27,31,32)/t12-/m0/s1. The highest BCUT2D eigenvalue weighted by Gasteiger charge is 2.32. The number of nitrogens with zero attached hydrogens (tertiary/aromatic N) is 4. The molecule has 1 amide bonds. The summed E-state index contributed by atoms with van der Waals surface area (Å²) in [5, 5.41) is 0.687. The number of nitrogens with one attached hydrogen (secondary N) is 1. The Balaban J connectivity index is 1.44. The molecule has 2 aliphatic rings. The van der Waals surface area contributed by atoms with Gasteiger partial charge in [0.2, 0.25) is 5.91 Å². The maximum Gasteiger partial charge on any atom is 0.330 e. The van der Waals surface area contributed by atoms with Gasteiger partial charge in [-0.25, -0.2) is 19.2 Å². The smallest absolute Gasteiger partial charge is 0.330 e. The normalized spacial score (nSPS) is 16.7. The average molecular weight is 470 g/mol. The van der Waals surface area contributed by atoms with Gasteiger partial charge in [-0.05, 0) is 50.3 Å². The lowest BCUT2D eigenvalue weighted by Gasteiger charge is -2.25. The van der Waals surface area contributed by atoms with Crippen molar-refractivity contribution in [2.24, 2.45) is 0 Å². The van der Waals surface area contributed by atoms with Crippen LogP contribution in [0.5, 0.6) is 0 Å². The van der Waals surface area contributed by atoms with Crippen LogP contribution >= 0.6 is 11.8 Å². The van der Waals surface area contributed by atoms with Gasteiger partial charge in [0.15, 0.2) is 5.65 Å². The zero-order chi connectivity index (χ0) is 23.3. The first-order valence-electron chi connectivity index (χ1n) is 11.0. The fourth-order valence-corrected chi connectivity index (χ4v) is 4.80. The molecule has 33 heavy (non-hydrogen) atoms. The lowest BCUT2D eigenvalue weighted by atomic mass is 10.1. The molecule has 0 spiro atoms. The largest absolute Gasteiger partial charge is 0.338 e. The molecule has 0 aliphatic heterocycles. The average Bonchev–Trinajstić information content (AvgIpc) is 3.69. The number of fused-ring (bicyclic) bond motifs is 1. The quantitative estimate of drug-likeness (QED) is 0.421. The second kappa shape index (κ2) is 8.40. The molecule has 10 heteroatoms. The summed E-state index contributed by atoms with van der Waals surface area (Å²) in [6.07, 6.45) is 3.69. The van der Waals surface area contributed by atoms with Gasteiger partial charge in [0, 0.05) is 19.0 Å². The lowest BCUT2D eigenvalue weighted by molar-refractivity contribution is -0.128. The minimum atomic E-state index is -0.530. The molecule has 0 radical (unpaired) electrons. The number of carbonyl (C=O) groups is 1. The van der Waals surface area contributed by atoms with Crippen LogP contribution in [0.2, 0.25) is 0 Å². The first kappa shape index (κ1) is 21.8. The van der Waals surface area contributed by atoms with Crippen molar-refractivity contribution in [3.8, 4) is 0 Å². The number of H-pyrrole nitrogens is 1. The molecule has 1 N–H and O–H groups in total. The van der Waals surface area contributed by atoms with E-state index >= 15 is 0 Å². The molecule has 0 bridgehead atoms. The number of aromatic nitrogens is 4. The van der Waals surface area contributed by atoms with E-state index in [1.165, 1.54) is 23.9 Å². The van der Waals surface area contributed by atoms with Crippen molar-refractivity contribution in [1.82, 2.24) is 24.4 Å². The summed E-state index contributed by atoms with van der Waals surface area (Å²) >= 11 is 1.18. The number of hydrogen-bond acceptors (Lipinski definition) is 6. The Morgan fingerprint density at radius 2 is 1.91 bits per heavy atom. The van der Waals surface area contributed by atoms with Gasteiger partial charge < -0.3 is 4.90 Å². The van der Waals surface area contributed by atoms with E-state index in [4.69, 9.17) is 0 Å². The van der Waals surface area contributed by atoms with Gasteiger partial charge in [-0.3, -0.25) is 19.1 Å². The van der Waals surface area contributed by atoms with Crippen LogP contribution in [0, 0.1) is 5.82 Å². The lowest BCUT2D eigenvalue weighted by Crippen LogP contribution is -2.32. The highest BCUT2D eigenvalue weighted by atomic mass is 32.2. The van der Waals surface area contributed by atoms with E-state index < -0.39 is 11.2 Å². The fourth-order valence-electron chi connectivity index (χ4n) is 3.85. The summed E-state index contributed by atoms with van der Waals surface area (Å²) in [7, 11) is 1.70. The van der Waals surface area contributed by atoms with Crippen molar-refractivity contribution < 1.29 is 9.18 Å². The van der Waals surface area contributed by atoms with Gasteiger partial charge in [-0.2, -0.15) is 0 Å². The third-order valence-electron chi connectivity index (χ3n) is 6.28. The summed E-state index contributed by atoms with van der Waals surface area (Å²) in [5.41, 5.74) is 0.212. The maximum atomic E-state index is 13.2. The maximum absolute atomic E-state index is 13.2. The third kappa shape index (κ3) is 4.31. The predicted octanol–water partition coefficient (Wildman–Crippen LogP) is 3.14. The molecular formula is C23H24FN5O3S. The zero-order valence-corrected chi connectivity index (χ0v) is 19.2. The first-order chi connectivity index (χ1) is 15.8. The summed E-state index contributed by atoms with van der Waals surface area (Å²) in [6, 6.07) is 5.86. The van der Waals surface area contributed by atoms with Gasteiger partial charge in [-0.1, -0.05) is 23.9 Å². The Morgan fingerprint density at radius 1 is 1.21 bits per heavy atom. The monoisotopic (exact) mass is 469 g/mol. The number of rotatable bonds is 7. The van der Waals surface area contributed by atoms with Gasteiger partial charge in [0.25, 0.3) is 5.56 Å². The van der Waals surface area contributed by atoms with E-state index in [1.54, 1.807) is 28.6 Å². The van der Waals surface area contributed by atoms with E-state index in [1.807, 2.05) is 6.92 Å². The number of aromatic amines is 1. The van der Waals surface area contributed by atoms with Gasteiger partial charge in [0.05, 0.1) is 11.8 Å². The minimum absolute atomic E-state index is 0.0426. The molecule has 2 heterocycles. The van der Waals surface area contributed by atoms with Crippen LogP contribution in [-0.2, 0) is 4.79 Å². The predicted molar refractivity (Wildman–Crippen MR) is 123 cm³/mol. The van der Waals surface area contributed by atoms with Crippen LogP contribution < -0.4 is 11.2 Å². The van der Waals surface area contributed by atoms with Gasteiger partial charge in [-0.15, -0.1) is 0 Å². The van der Waals surface area contributed by atoms with Crippen molar-refractivity contribution in [3.05, 3.63) is 62.3 Å². The van der Waals surface area contributed by atoms with Crippen LogP contribution in [0.15, 0.2) is 38.9 Å². The van der Waals surface area contributed by atoms with E-state index in [2.05, 4.69) is 15.0 Å². The van der Waals surface area contributed by atoms with E-state index in [0.717, 1.165) is 31.2 Å². The molecule has 0 unspecified atom stereocenters. The molecule has 5 rings (SSSR count). The van der Waals surface area contributed by atoms with Crippen LogP contribution in [0.1, 0.15) is 62.0 Å². The Labute approximate surface area is 193 Å². The van der Waals surface area contributed by atoms with Crippen molar-refractivity contribution in [2.75, 3.05) is 12.8 Å². The van der Waals surface area contributed by atoms with E-state index in [-0.39, 0.29) is 40.9 Å². The van der Waals surface area contributed by atoms with Crippen LogP contribution in [0.3, 0.4) is 0 Å². The first-order valence-corrected chi connectivity index (χ1v) is 12.0. The van der Waals surface area contributed by atoms with Crippen LogP contribution in [0.4, 0.5) is 4.39 Å². The van der Waals surface area contributed by atoms with Crippen molar-refractivity contribution in [3.63, 3.8) is 0 Å². The number of amides is 1. The van der Waals surface area contributed by atoms with Crippen LogP contribution in [-0.4, -0.2) is 43.1 Å². The Hall–Kier alpha value is -3.01. The molecule has 2 aromatic heterocycles.